The molecule has 2 aromatic rings. The molecule has 1 N–H and O–H groups in total. The molecule has 0 aliphatic carbocycles. The average molecular weight is 447 g/mol. The van der Waals surface area contributed by atoms with E-state index in [1.807, 2.05) is 29.6 Å². The van der Waals surface area contributed by atoms with Gasteiger partial charge in [-0.2, -0.15) is 0 Å². The lowest BCUT2D eigenvalue weighted by atomic mass is 10.00. The summed E-state index contributed by atoms with van der Waals surface area (Å²) in [7, 11) is 5.99. The minimum atomic E-state index is -0.530. The fourth-order valence-electron chi connectivity index (χ4n) is 3.61. The summed E-state index contributed by atoms with van der Waals surface area (Å²) in [5, 5.41) is 4.84. The maximum Gasteiger partial charge on any atom is 0.338 e. The van der Waals surface area contributed by atoms with Gasteiger partial charge in [-0.3, -0.25) is 4.90 Å². The molecule has 2 heterocycles. The molecule has 2 amide bonds. The Morgan fingerprint density at radius 3 is 2.32 bits per heavy atom. The fourth-order valence-corrected chi connectivity index (χ4v) is 4.40. The number of carbonyl (C=O) groups is 2. The summed E-state index contributed by atoms with van der Waals surface area (Å²) in [6.07, 6.45) is 0.513. The summed E-state index contributed by atoms with van der Waals surface area (Å²) >= 11 is 1.47. The highest BCUT2D eigenvalue weighted by Gasteiger charge is 2.36. The number of amides is 2. The van der Waals surface area contributed by atoms with E-state index in [0.29, 0.717) is 41.5 Å². The third-order valence-corrected chi connectivity index (χ3v) is 6.12. The second-order valence-electron chi connectivity index (χ2n) is 6.82. The van der Waals surface area contributed by atoms with Crippen LogP contribution in [0.4, 0.5) is 4.79 Å². The molecule has 0 unspecified atom stereocenters. The first-order chi connectivity index (χ1) is 14.9. The van der Waals surface area contributed by atoms with E-state index in [0.717, 1.165) is 10.4 Å². The van der Waals surface area contributed by atoms with Crippen molar-refractivity contribution in [3.63, 3.8) is 0 Å². The molecular weight excluding hydrogens is 420 g/mol. The molecule has 3 rings (SSSR count). The quantitative estimate of drug-likeness (QED) is 0.625. The number of thiophene rings is 1. The maximum atomic E-state index is 12.9. The summed E-state index contributed by atoms with van der Waals surface area (Å²) in [5.41, 5.74) is 1.89. The van der Waals surface area contributed by atoms with Crippen LogP contribution in [0.3, 0.4) is 0 Å². The van der Waals surface area contributed by atoms with Crippen LogP contribution in [0.5, 0.6) is 17.2 Å². The van der Waals surface area contributed by atoms with Gasteiger partial charge in [0.1, 0.15) is 0 Å². The van der Waals surface area contributed by atoms with Crippen LogP contribution >= 0.6 is 11.3 Å². The lowest BCUT2D eigenvalue weighted by Crippen LogP contribution is -2.48. The Morgan fingerprint density at radius 1 is 1.13 bits per heavy atom. The molecule has 0 bridgehead atoms. The van der Waals surface area contributed by atoms with Crippen LogP contribution in [0.2, 0.25) is 0 Å². The van der Waals surface area contributed by atoms with Crippen LogP contribution in [-0.2, 0) is 16.0 Å². The normalized spacial score (nSPS) is 16.1. The summed E-state index contributed by atoms with van der Waals surface area (Å²) < 4.78 is 21.2. The van der Waals surface area contributed by atoms with Crippen molar-refractivity contribution in [3.05, 3.63) is 51.4 Å². The molecular formula is C22H26N2O6S. The summed E-state index contributed by atoms with van der Waals surface area (Å²) in [6, 6.07) is 6.66. The molecule has 0 fully saturated rings. The number of urea groups is 1. The number of rotatable bonds is 8. The molecule has 1 aliphatic heterocycles. The van der Waals surface area contributed by atoms with Crippen molar-refractivity contribution in [3.8, 4) is 17.2 Å². The Bertz CT molecular complexity index is 961. The van der Waals surface area contributed by atoms with Crippen LogP contribution in [0.25, 0.3) is 0 Å². The zero-order valence-corrected chi connectivity index (χ0v) is 19.0. The van der Waals surface area contributed by atoms with E-state index in [1.54, 1.807) is 33.2 Å². The van der Waals surface area contributed by atoms with E-state index in [2.05, 4.69) is 5.32 Å². The van der Waals surface area contributed by atoms with Gasteiger partial charge < -0.3 is 24.3 Å². The fraction of sp³-hybridized carbons (Fsp3) is 0.364. The number of hydrogen-bond acceptors (Lipinski definition) is 7. The number of esters is 1. The minimum absolute atomic E-state index is 0.268. The van der Waals surface area contributed by atoms with Gasteiger partial charge in [0, 0.05) is 17.1 Å². The Morgan fingerprint density at radius 2 is 1.81 bits per heavy atom. The van der Waals surface area contributed by atoms with Gasteiger partial charge in [0.2, 0.25) is 5.75 Å². The van der Waals surface area contributed by atoms with Gasteiger partial charge in [0.05, 0.1) is 40.1 Å². The predicted molar refractivity (Wildman–Crippen MR) is 117 cm³/mol. The summed E-state index contributed by atoms with van der Waals surface area (Å²) in [6.45, 7) is 2.12. The van der Waals surface area contributed by atoms with Gasteiger partial charge in [-0.1, -0.05) is 6.07 Å². The molecule has 166 valence electrons. The Labute approximate surface area is 185 Å². The molecule has 1 aliphatic rings. The SMILES string of the molecule is COC(=O)C1=C(C)N(CCc2cc(OC)c(OC)c(OC)c2)C(=O)N[C@H]1c1cccs1. The average Bonchev–Trinajstić information content (AvgIpc) is 3.32. The molecule has 1 atom stereocenters. The molecule has 8 nitrogen and oxygen atoms in total. The minimum Gasteiger partial charge on any atom is -0.493 e. The standard InChI is InChI=1S/C22H26N2O6S/c1-13-18(21(25)30-5)19(17-7-6-10-31-17)23-22(26)24(13)9-8-14-11-15(27-2)20(29-4)16(12-14)28-3/h6-7,10-12,19H,8-9H2,1-5H3,(H,23,26)/t19-/m0/s1. The van der Waals surface area contributed by atoms with Crippen LogP contribution in [0.15, 0.2) is 40.9 Å². The topological polar surface area (TPSA) is 86.3 Å². The summed E-state index contributed by atoms with van der Waals surface area (Å²) in [5.74, 6) is 1.13. The van der Waals surface area contributed by atoms with Gasteiger partial charge in [0.15, 0.2) is 11.5 Å². The van der Waals surface area contributed by atoms with Gasteiger partial charge in [0.25, 0.3) is 0 Å². The highest BCUT2D eigenvalue weighted by Crippen LogP contribution is 2.39. The molecule has 0 saturated heterocycles. The number of carbonyl (C=O) groups excluding carboxylic acids is 2. The second kappa shape index (κ2) is 9.74. The smallest absolute Gasteiger partial charge is 0.338 e. The Kier molecular flexibility index (Phi) is 7.06. The van der Waals surface area contributed by atoms with Gasteiger partial charge in [-0.25, -0.2) is 9.59 Å². The van der Waals surface area contributed by atoms with Crippen LogP contribution in [0.1, 0.15) is 23.4 Å². The zero-order valence-electron chi connectivity index (χ0n) is 18.2. The zero-order chi connectivity index (χ0) is 22.5. The first-order valence-corrected chi connectivity index (χ1v) is 10.5. The van der Waals surface area contributed by atoms with Gasteiger partial charge in [-0.05, 0) is 42.5 Å². The number of hydrogen-bond donors (Lipinski definition) is 1. The molecule has 0 spiro atoms. The van der Waals surface area contributed by atoms with Crippen molar-refractivity contribution in [1.29, 1.82) is 0 Å². The number of benzene rings is 1. The van der Waals surface area contributed by atoms with Crippen molar-refractivity contribution in [1.82, 2.24) is 10.2 Å². The first kappa shape index (κ1) is 22.5. The highest BCUT2D eigenvalue weighted by atomic mass is 32.1. The van der Waals surface area contributed by atoms with Crippen LogP contribution < -0.4 is 19.5 Å². The molecule has 9 heteroatoms. The predicted octanol–water partition coefficient (Wildman–Crippen LogP) is 3.53. The largest absolute Gasteiger partial charge is 0.493 e. The second-order valence-corrected chi connectivity index (χ2v) is 7.80. The van der Waals surface area contributed by atoms with Crippen molar-refractivity contribution >= 4 is 23.3 Å². The van der Waals surface area contributed by atoms with E-state index >= 15 is 0 Å². The monoisotopic (exact) mass is 446 g/mol. The number of nitrogens with one attached hydrogen (secondary N) is 1. The van der Waals surface area contributed by atoms with Gasteiger partial charge >= 0.3 is 12.0 Å². The lowest BCUT2D eigenvalue weighted by Gasteiger charge is -2.34. The van der Waals surface area contributed by atoms with E-state index in [4.69, 9.17) is 18.9 Å². The van der Waals surface area contributed by atoms with Crippen molar-refractivity contribution in [2.45, 2.75) is 19.4 Å². The Balaban J connectivity index is 1.90. The molecule has 31 heavy (non-hydrogen) atoms. The third-order valence-electron chi connectivity index (χ3n) is 5.18. The van der Waals surface area contributed by atoms with Crippen LogP contribution in [-0.4, -0.2) is 51.9 Å². The third kappa shape index (κ3) is 4.46. The van der Waals surface area contributed by atoms with Crippen molar-refractivity contribution in [2.75, 3.05) is 35.0 Å². The summed E-state index contributed by atoms with van der Waals surface area (Å²) in [4.78, 5) is 27.9. The molecule has 1 aromatic heterocycles. The first-order valence-electron chi connectivity index (χ1n) is 9.64. The van der Waals surface area contributed by atoms with E-state index in [1.165, 1.54) is 18.4 Å². The number of nitrogens with zero attached hydrogens (tertiary/aromatic N) is 1. The van der Waals surface area contributed by atoms with Crippen LogP contribution in [0, 0.1) is 0 Å². The maximum absolute atomic E-state index is 12.9. The highest BCUT2D eigenvalue weighted by molar-refractivity contribution is 7.10. The molecule has 1 aromatic carbocycles. The number of allylic oxidation sites excluding steroid dienone is 1. The molecule has 0 radical (unpaired) electrons. The Hall–Kier alpha value is -3.20. The number of methoxy groups -OCH3 is 4. The molecule has 0 saturated carbocycles. The lowest BCUT2D eigenvalue weighted by molar-refractivity contribution is -0.136. The van der Waals surface area contributed by atoms with E-state index in [9.17, 15) is 9.59 Å². The van der Waals surface area contributed by atoms with E-state index in [-0.39, 0.29) is 6.03 Å². The van der Waals surface area contributed by atoms with Crippen molar-refractivity contribution < 1.29 is 28.5 Å². The van der Waals surface area contributed by atoms with Crippen molar-refractivity contribution in [2.24, 2.45) is 0 Å². The van der Waals surface area contributed by atoms with E-state index < -0.39 is 12.0 Å². The van der Waals surface area contributed by atoms with Gasteiger partial charge in [-0.15, -0.1) is 11.3 Å². The number of ether oxygens (including phenoxy) is 4.